The molecule has 0 radical (unpaired) electrons. The summed E-state index contributed by atoms with van der Waals surface area (Å²) in [5, 5.41) is 0. The smallest absolute Gasteiger partial charge is 0.347 e. The summed E-state index contributed by atoms with van der Waals surface area (Å²) in [6.45, 7) is 9.67. The summed E-state index contributed by atoms with van der Waals surface area (Å²) in [4.78, 5) is 26.0. The quantitative estimate of drug-likeness (QED) is 0.0453. The van der Waals surface area contributed by atoms with Crippen LogP contribution in [0.2, 0.25) is 0 Å². The Bertz CT molecular complexity index is 809. The zero-order valence-corrected chi connectivity index (χ0v) is 40.3. The predicted octanol–water partition coefficient (Wildman–Crippen LogP) is 18.7. The number of ether oxygens (including phenoxy) is 2. The van der Waals surface area contributed by atoms with Crippen molar-refractivity contribution in [2.45, 2.75) is 323 Å². The van der Waals surface area contributed by atoms with Gasteiger partial charge in [-0.2, -0.15) is 0 Å². The number of hydrogen-bond acceptors (Lipinski definition) is 4. The molecule has 0 heterocycles. The number of unbranched alkanes of at least 4 members (excludes halogenated alkanes) is 39. The fourth-order valence-corrected chi connectivity index (χ4v) is 8.47. The number of carbonyl (C=O) groups is 2. The van der Waals surface area contributed by atoms with Gasteiger partial charge in [0.25, 0.3) is 0 Å². The Morgan fingerprint density at radius 3 is 0.948 bits per heavy atom. The van der Waals surface area contributed by atoms with Crippen molar-refractivity contribution in [1.82, 2.24) is 0 Å². The second kappa shape index (κ2) is 48.6. The normalized spacial score (nSPS) is 12.1. The SMILES string of the molecule is CCCCCCCCCCCCCCCCCC(=O)OC(CCCCCCCCCCCCCCCC)C(=O)OCCCCCCCCCCCCCCCC(C)C. The maximum absolute atomic E-state index is 13.1. The van der Waals surface area contributed by atoms with E-state index >= 15 is 0 Å². The number of hydrogen-bond donors (Lipinski definition) is 0. The summed E-state index contributed by atoms with van der Waals surface area (Å²) >= 11 is 0. The summed E-state index contributed by atoms with van der Waals surface area (Å²) in [6, 6.07) is 0. The van der Waals surface area contributed by atoms with Crippen molar-refractivity contribution in [3.05, 3.63) is 0 Å². The van der Waals surface area contributed by atoms with E-state index < -0.39 is 6.10 Å². The van der Waals surface area contributed by atoms with Gasteiger partial charge in [0.05, 0.1) is 6.61 Å². The van der Waals surface area contributed by atoms with Gasteiger partial charge in [0, 0.05) is 6.42 Å². The van der Waals surface area contributed by atoms with Gasteiger partial charge in [0.2, 0.25) is 0 Å². The van der Waals surface area contributed by atoms with E-state index in [-0.39, 0.29) is 11.9 Å². The van der Waals surface area contributed by atoms with Crippen molar-refractivity contribution >= 4 is 11.9 Å². The molecule has 0 aromatic carbocycles. The second-order valence-corrected chi connectivity index (χ2v) is 19.0. The van der Waals surface area contributed by atoms with Crippen LogP contribution >= 0.6 is 0 Å². The second-order valence-electron chi connectivity index (χ2n) is 19.0. The fourth-order valence-electron chi connectivity index (χ4n) is 8.47. The van der Waals surface area contributed by atoms with Crippen LogP contribution in [-0.4, -0.2) is 24.6 Å². The minimum atomic E-state index is -0.735. The molecule has 0 rings (SSSR count). The van der Waals surface area contributed by atoms with E-state index in [9.17, 15) is 9.59 Å². The summed E-state index contributed by atoms with van der Waals surface area (Å²) in [6.07, 6.45) is 56.5. The van der Waals surface area contributed by atoms with Gasteiger partial charge in [-0.05, 0) is 31.6 Å². The standard InChI is InChI=1S/C54H106O4/c1-5-7-9-11-13-15-17-19-21-25-29-33-37-41-45-49-53(55)58-52(48-44-40-36-32-28-24-20-18-16-14-12-10-8-6-2)54(56)57-50-46-42-38-34-30-26-22-23-27-31-35-39-43-47-51(3)4/h51-52H,5-50H2,1-4H3. The average molecular weight is 819 g/mol. The molecule has 0 aromatic rings. The molecule has 1 unspecified atom stereocenters. The third kappa shape index (κ3) is 46.0. The Balaban J connectivity index is 4.19. The first kappa shape index (κ1) is 56.9. The summed E-state index contributed by atoms with van der Waals surface area (Å²) in [7, 11) is 0. The minimum Gasteiger partial charge on any atom is -0.463 e. The molecule has 0 saturated carbocycles. The Labute approximate surface area is 365 Å². The van der Waals surface area contributed by atoms with Crippen molar-refractivity contribution in [2.75, 3.05) is 6.61 Å². The largest absolute Gasteiger partial charge is 0.463 e. The zero-order chi connectivity index (χ0) is 42.3. The van der Waals surface area contributed by atoms with Crippen LogP contribution in [0.3, 0.4) is 0 Å². The molecule has 4 nitrogen and oxygen atoms in total. The van der Waals surface area contributed by atoms with Crippen molar-refractivity contribution in [1.29, 1.82) is 0 Å². The van der Waals surface area contributed by atoms with Crippen molar-refractivity contribution in [3.8, 4) is 0 Å². The van der Waals surface area contributed by atoms with Crippen LogP contribution in [0.25, 0.3) is 0 Å². The highest BCUT2D eigenvalue weighted by molar-refractivity contribution is 5.79. The Morgan fingerprint density at radius 2 is 0.621 bits per heavy atom. The zero-order valence-electron chi connectivity index (χ0n) is 40.3. The van der Waals surface area contributed by atoms with Gasteiger partial charge in [0.1, 0.15) is 0 Å². The van der Waals surface area contributed by atoms with Gasteiger partial charge in [-0.1, -0.05) is 285 Å². The van der Waals surface area contributed by atoms with Crippen molar-refractivity contribution in [2.24, 2.45) is 5.92 Å². The topological polar surface area (TPSA) is 52.6 Å². The monoisotopic (exact) mass is 819 g/mol. The molecule has 0 aromatic heterocycles. The summed E-state index contributed by atoms with van der Waals surface area (Å²) in [5.41, 5.74) is 0. The molecule has 0 spiro atoms. The molecule has 58 heavy (non-hydrogen) atoms. The first-order valence-electron chi connectivity index (χ1n) is 26.9. The van der Waals surface area contributed by atoms with Gasteiger partial charge in [-0.15, -0.1) is 0 Å². The molecular formula is C54H106O4. The first-order valence-corrected chi connectivity index (χ1v) is 26.9. The fraction of sp³-hybridized carbons (Fsp3) is 0.963. The highest BCUT2D eigenvalue weighted by atomic mass is 16.6. The molecule has 0 saturated heterocycles. The van der Waals surface area contributed by atoms with E-state index in [1.807, 2.05) is 0 Å². The van der Waals surface area contributed by atoms with Crippen LogP contribution in [0, 0.1) is 5.92 Å². The third-order valence-corrected chi connectivity index (χ3v) is 12.5. The molecule has 1 atom stereocenters. The van der Waals surface area contributed by atoms with E-state index in [4.69, 9.17) is 9.47 Å². The highest BCUT2D eigenvalue weighted by Gasteiger charge is 2.24. The molecule has 346 valence electrons. The number of carbonyl (C=O) groups excluding carboxylic acids is 2. The third-order valence-electron chi connectivity index (χ3n) is 12.5. The van der Waals surface area contributed by atoms with Crippen molar-refractivity contribution in [3.63, 3.8) is 0 Å². The molecule has 0 aliphatic heterocycles. The van der Waals surface area contributed by atoms with E-state index in [2.05, 4.69) is 27.7 Å². The van der Waals surface area contributed by atoms with Crippen LogP contribution in [0.15, 0.2) is 0 Å². The lowest BCUT2D eigenvalue weighted by Gasteiger charge is -2.17. The van der Waals surface area contributed by atoms with Crippen molar-refractivity contribution < 1.29 is 19.1 Å². The van der Waals surface area contributed by atoms with E-state index in [0.29, 0.717) is 19.4 Å². The first-order chi connectivity index (χ1) is 28.5. The Hall–Kier alpha value is -1.06. The summed E-state index contributed by atoms with van der Waals surface area (Å²) < 4.78 is 11.5. The predicted molar refractivity (Wildman–Crippen MR) is 255 cm³/mol. The number of esters is 2. The van der Waals surface area contributed by atoms with E-state index in [1.165, 1.54) is 238 Å². The van der Waals surface area contributed by atoms with E-state index in [1.54, 1.807) is 0 Å². The van der Waals surface area contributed by atoms with Gasteiger partial charge in [-0.3, -0.25) is 4.79 Å². The molecule has 0 fully saturated rings. The van der Waals surface area contributed by atoms with Gasteiger partial charge in [-0.25, -0.2) is 4.79 Å². The minimum absolute atomic E-state index is 0.219. The summed E-state index contributed by atoms with van der Waals surface area (Å²) in [5.74, 6) is 0.314. The van der Waals surface area contributed by atoms with Gasteiger partial charge >= 0.3 is 11.9 Å². The molecule has 0 N–H and O–H groups in total. The maximum Gasteiger partial charge on any atom is 0.347 e. The molecule has 0 amide bonds. The Kier molecular flexibility index (Phi) is 47.7. The highest BCUT2D eigenvalue weighted by Crippen LogP contribution is 2.19. The lowest BCUT2D eigenvalue weighted by atomic mass is 10.0. The maximum atomic E-state index is 13.1. The Morgan fingerprint density at radius 1 is 0.345 bits per heavy atom. The number of rotatable bonds is 49. The van der Waals surface area contributed by atoms with Crippen LogP contribution in [-0.2, 0) is 19.1 Å². The molecule has 4 heteroatoms. The lowest BCUT2D eigenvalue weighted by Crippen LogP contribution is -2.29. The van der Waals surface area contributed by atoms with Crippen LogP contribution in [0.1, 0.15) is 317 Å². The molecular weight excluding hydrogens is 713 g/mol. The van der Waals surface area contributed by atoms with Crippen LogP contribution < -0.4 is 0 Å². The van der Waals surface area contributed by atoms with E-state index in [0.717, 1.165) is 44.4 Å². The van der Waals surface area contributed by atoms with Crippen LogP contribution in [0.4, 0.5) is 0 Å². The average Bonchev–Trinajstić information content (AvgIpc) is 3.21. The molecule has 0 aliphatic carbocycles. The van der Waals surface area contributed by atoms with Gasteiger partial charge < -0.3 is 9.47 Å². The molecule has 0 aliphatic rings. The molecule has 0 bridgehead atoms. The van der Waals surface area contributed by atoms with Gasteiger partial charge in [0.15, 0.2) is 6.10 Å². The lowest BCUT2D eigenvalue weighted by molar-refractivity contribution is -0.168. The van der Waals surface area contributed by atoms with Crippen LogP contribution in [0.5, 0.6) is 0 Å².